The minimum absolute atomic E-state index is 0.00532. The Labute approximate surface area is 110 Å². The van der Waals surface area contributed by atoms with Gasteiger partial charge in [0, 0.05) is 23.0 Å². The Morgan fingerprint density at radius 3 is 2.94 bits per heavy atom. The number of halogens is 1. The third-order valence-electron chi connectivity index (χ3n) is 2.59. The van der Waals surface area contributed by atoms with Crippen LogP contribution in [-0.4, -0.2) is 4.98 Å². The van der Waals surface area contributed by atoms with E-state index in [2.05, 4.69) is 10.4 Å². The summed E-state index contributed by atoms with van der Waals surface area (Å²) in [7, 11) is 0. The van der Waals surface area contributed by atoms with Gasteiger partial charge in [-0.2, -0.15) is 0 Å². The maximum absolute atomic E-state index is 6.23. The van der Waals surface area contributed by atoms with Crippen LogP contribution in [0.4, 0.5) is 0 Å². The van der Waals surface area contributed by atoms with Crippen molar-refractivity contribution >= 4 is 22.9 Å². The van der Waals surface area contributed by atoms with Crippen molar-refractivity contribution in [2.45, 2.75) is 19.4 Å². The molecule has 17 heavy (non-hydrogen) atoms. The fraction of sp³-hybridized carbons (Fsp3) is 0.250. The second kappa shape index (κ2) is 5.60. The molecule has 0 aliphatic heterocycles. The summed E-state index contributed by atoms with van der Waals surface area (Å²) < 4.78 is 0. The van der Waals surface area contributed by atoms with E-state index in [4.69, 9.17) is 17.4 Å². The van der Waals surface area contributed by atoms with Crippen LogP contribution in [0.5, 0.6) is 0 Å². The first kappa shape index (κ1) is 12.5. The number of hydrazine groups is 1. The quantitative estimate of drug-likeness (QED) is 0.662. The Morgan fingerprint density at radius 1 is 1.53 bits per heavy atom. The summed E-state index contributed by atoms with van der Waals surface area (Å²) >= 11 is 7.85. The van der Waals surface area contributed by atoms with Crippen molar-refractivity contribution in [2.24, 2.45) is 5.84 Å². The lowest BCUT2D eigenvalue weighted by molar-refractivity contribution is 0.551. The van der Waals surface area contributed by atoms with E-state index in [0.29, 0.717) is 0 Å². The number of nitrogens with two attached hydrogens (primary N) is 1. The van der Waals surface area contributed by atoms with Gasteiger partial charge in [-0.25, -0.2) is 4.98 Å². The topological polar surface area (TPSA) is 50.9 Å². The second-order valence-electron chi connectivity index (χ2n) is 3.87. The van der Waals surface area contributed by atoms with Gasteiger partial charge in [0.05, 0.1) is 11.0 Å². The van der Waals surface area contributed by atoms with E-state index in [1.54, 1.807) is 17.5 Å². The van der Waals surface area contributed by atoms with Gasteiger partial charge < -0.3 is 0 Å². The first-order valence-corrected chi connectivity index (χ1v) is 6.57. The molecule has 0 aliphatic rings. The van der Waals surface area contributed by atoms with E-state index in [1.165, 1.54) is 0 Å². The molecule has 0 radical (unpaired) electrons. The maximum Gasteiger partial charge on any atom is 0.0944 e. The van der Waals surface area contributed by atoms with E-state index >= 15 is 0 Å². The molecule has 0 spiro atoms. The molecule has 0 fully saturated rings. The summed E-state index contributed by atoms with van der Waals surface area (Å²) in [5, 5.41) is 3.74. The van der Waals surface area contributed by atoms with Gasteiger partial charge in [0.25, 0.3) is 0 Å². The van der Waals surface area contributed by atoms with Crippen molar-refractivity contribution in [3.05, 3.63) is 50.9 Å². The molecule has 2 rings (SSSR count). The van der Waals surface area contributed by atoms with Crippen molar-refractivity contribution in [1.29, 1.82) is 0 Å². The number of aryl methyl sites for hydroxylation is 1. The molecule has 2 aromatic rings. The molecule has 0 saturated carbocycles. The predicted molar refractivity (Wildman–Crippen MR) is 72.1 cm³/mol. The van der Waals surface area contributed by atoms with Crippen molar-refractivity contribution in [1.82, 2.24) is 10.4 Å². The zero-order valence-corrected chi connectivity index (χ0v) is 11.1. The average Bonchev–Trinajstić information content (AvgIpc) is 2.79. The number of hydrogen-bond donors (Lipinski definition) is 2. The molecule has 0 aliphatic carbocycles. The third-order valence-corrected chi connectivity index (χ3v) is 3.72. The molecule has 3 N–H and O–H groups in total. The summed E-state index contributed by atoms with van der Waals surface area (Å²) in [5.41, 5.74) is 4.95. The second-order valence-corrected chi connectivity index (χ2v) is 5.26. The number of thiazole rings is 1. The standard InChI is InChI=1S/C12H14ClN3S/c1-8-2-3-9(10(13)6-8)11(16-14)7-12-15-4-5-17-12/h2-6,11,16H,7,14H2,1H3. The molecular formula is C12H14ClN3S. The summed E-state index contributed by atoms with van der Waals surface area (Å²) in [4.78, 5) is 4.26. The van der Waals surface area contributed by atoms with Crippen molar-refractivity contribution in [3.63, 3.8) is 0 Å². The lowest BCUT2D eigenvalue weighted by atomic mass is 10.0. The fourth-order valence-corrected chi connectivity index (χ4v) is 2.73. The normalized spacial score (nSPS) is 12.6. The summed E-state index contributed by atoms with van der Waals surface area (Å²) in [5.74, 6) is 5.60. The zero-order chi connectivity index (χ0) is 12.3. The first-order valence-electron chi connectivity index (χ1n) is 5.31. The Kier molecular flexibility index (Phi) is 4.12. The molecule has 90 valence electrons. The molecule has 5 heteroatoms. The highest BCUT2D eigenvalue weighted by Crippen LogP contribution is 2.26. The molecular weight excluding hydrogens is 254 g/mol. The van der Waals surface area contributed by atoms with Crippen LogP contribution in [-0.2, 0) is 6.42 Å². The van der Waals surface area contributed by atoms with E-state index in [0.717, 1.165) is 27.6 Å². The van der Waals surface area contributed by atoms with Crippen LogP contribution in [0, 0.1) is 6.92 Å². The Bertz CT molecular complexity index is 485. The lowest BCUT2D eigenvalue weighted by Gasteiger charge is -2.16. The van der Waals surface area contributed by atoms with Crippen LogP contribution in [0.2, 0.25) is 5.02 Å². The van der Waals surface area contributed by atoms with E-state index in [1.807, 2.05) is 30.5 Å². The van der Waals surface area contributed by atoms with Gasteiger partial charge in [0.2, 0.25) is 0 Å². The van der Waals surface area contributed by atoms with Gasteiger partial charge >= 0.3 is 0 Å². The maximum atomic E-state index is 6.23. The largest absolute Gasteiger partial charge is 0.271 e. The Hall–Kier alpha value is -0.940. The molecule has 0 bridgehead atoms. The smallest absolute Gasteiger partial charge is 0.0944 e. The summed E-state index contributed by atoms with van der Waals surface area (Å²) in [6.45, 7) is 2.02. The molecule has 0 saturated heterocycles. The Balaban J connectivity index is 2.23. The number of hydrogen-bond acceptors (Lipinski definition) is 4. The zero-order valence-electron chi connectivity index (χ0n) is 9.48. The van der Waals surface area contributed by atoms with E-state index in [-0.39, 0.29) is 6.04 Å². The molecule has 3 nitrogen and oxygen atoms in total. The fourth-order valence-electron chi connectivity index (χ4n) is 1.70. The highest BCUT2D eigenvalue weighted by atomic mass is 35.5. The molecule has 1 aromatic carbocycles. The number of rotatable bonds is 4. The lowest BCUT2D eigenvalue weighted by Crippen LogP contribution is -2.29. The van der Waals surface area contributed by atoms with E-state index in [9.17, 15) is 0 Å². The number of benzene rings is 1. The SMILES string of the molecule is Cc1ccc(C(Cc2nccs2)NN)c(Cl)c1. The summed E-state index contributed by atoms with van der Waals surface area (Å²) in [6.07, 6.45) is 2.54. The van der Waals surface area contributed by atoms with Crippen molar-refractivity contribution in [2.75, 3.05) is 0 Å². The van der Waals surface area contributed by atoms with Gasteiger partial charge in [0.1, 0.15) is 0 Å². The minimum atomic E-state index is -0.00532. The average molecular weight is 268 g/mol. The highest BCUT2D eigenvalue weighted by Gasteiger charge is 2.15. The van der Waals surface area contributed by atoms with Gasteiger partial charge in [-0.3, -0.25) is 11.3 Å². The van der Waals surface area contributed by atoms with Crippen LogP contribution < -0.4 is 11.3 Å². The monoisotopic (exact) mass is 267 g/mol. The van der Waals surface area contributed by atoms with Crippen LogP contribution in [0.1, 0.15) is 22.2 Å². The first-order chi connectivity index (χ1) is 8.20. The van der Waals surface area contributed by atoms with Crippen LogP contribution in [0.15, 0.2) is 29.8 Å². The number of aromatic nitrogens is 1. The molecule has 1 aromatic heterocycles. The van der Waals surface area contributed by atoms with Crippen LogP contribution in [0.3, 0.4) is 0 Å². The van der Waals surface area contributed by atoms with Crippen LogP contribution >= 0.6 is 22.9 Å². The van der Waals surface area contributed by atoms with Gasteiger partial charge in [-0.05, 0) is 24.1 Å². The molecule has 1 unspecified atom stereocenters. The van der Waals surface area contributed by atoms with E-state index < -0.39 is 0 Å². The minimum Gasteiger partial charge on any atom is -0.271 e. The third kappa shape index (κ3) is 3.04. The van der Waals surface area contributed by atoms with Gasteiger partial charge in [0.15, 0.2) is 0 Å². The molecule has 1 atom stereocenters. The number of nitrogens with zero attached hydrogens (tertiary/aromatic N) is 1. The number of nitrogens with one attached hydrogen (secondary N) is 1. The summed E-state index contributed by atoms with van der Waals surface area (Å²) in [6, 6.07) is 5.99. The van der Waals surface area contributed by atoms with Crippen molar-refractivity contribution in [3.8, 4) is 0 Å². The molecule has 1 heterocycles. The van der Waals surface area contributed by atoms with Crippen molar-refractivity contribution < 1.29 is 0 Å². The van der Waals surface area contributed by atoms with Gasteiger partial charge in [-0.1, -0.05) is 23.7 Å². The molecule has 0 amide bonds. The predicted octanol–water partition coefficient (Wildman–Crippen LogP) is 2.85. The van der Waals surface area contributed by atoms with Crippen LogP contribution in [0.25, 0.3) is 0 Å². The highest BCUT2D eigenvalue weighted by molar-refractivity contribution is 7.09. The Morgan fingerprint density at radius 2 is 2.35 bits per heavy atom. The van der Waals surface area contributed by atoms with Gasteiger partial charge in [-0.15, -0.1) is 11.3 Å².